The number of aromatic nitrogens is 1. The van der Waals surface area contributed by atoms with Crippen molar-refractivity contribution in [1.82, 2.24) is 14.6 Å². The van der Waals surface area contributed by atoms with E-state index in [1.807, 2.05) is 50.3 Å². The number of pyridine rings is 1. The average Bonchev–Trinajstić information content (AvgIpc) is 4.14. The van der Waals surface area contributed by atoms with Crippen molar-refractivity contribution in [1.29, 1.82) is 0 Å². The Hall–Kier alpha value is -4.00. The van der Waals surface area contributed by atoms with Gasteiger partial charge in [-0.05, 0) is 99.9 Å². The number of fused-ring (bicyclic) bond motifs is 4. The number of hydrogen-bond acceptors (Lipinski definition) is 10. The summed E-state index contributed by atoms with van der Waals surface area (Å²) >= 11 is 0. The summed E-state index contributed by atoms with van der Waals surface area (Å²) in [4.78, 5) is 63.4. The standard InChI is InChI=1S/C44H57N3O9S/c1-4-15-54-39-24-45-41(35-12-8-7-11-34(35)39)56-32-20-37-38(48)23-44(43(51)46-57(52,53)33-13-14-33)22-30(44)10-6-5-9-26(2)16-27(3)36(42(50)47(37)25-32)21-40(49)55-31-18-28-17-29(28)19-31/h6-8,10-12,24,26-33,36-37H,4-5,9,13-23,25H2,1-3H3,(H,46,51)/b10-6-/t26-,27-,28-,29+,30-,31?,32-,36+,37+,44-/m1/s1. The van der Waals surface area contributed by atoms with Gasteiger partial charge in [-0.3, -0.25) is 23.9 Å². The predicted molar refractivity (Wildman–Crippen MR) is 212 cm³/mol. The number of ketones is 1. The number of nitrogens with one attached hydrogen (secondary N) is 1. The van der Waals surface area contributed by atoms with Crippen molar-refractivity contribution in [3.8, 4) is 11.6 Å². The molecular weight excluding hydrogens is 747 g/mol. The number of amides is 2. The van der Waals surface area contributed by atoms with Gasteiger partial charge in [0.05, 0.1) is 48.4 Å². The Balaban J connectivity index is 1.10. The van der Waals surface area contributed by atoms with Crippen molar-refractivity contribution in [3.05, 3.63) is 42.6 Å². The van der Waals surface area contributed by atoms with Gasteiger partial charge in [0.25, 0.3) is 0 Å². The van der Waals surface area contributed by atoms with Crippen LogP contribution in [0.3, 0.4) is 0 Å². The molecule has 4 saturated carbocycles. The van der Waals surface area contributed by atoms with Crippen LogP contribution in [-0.2, 0) is 33.9 Å². The monoisotopic (exact) mass is 803 g/mol. The van der Waals surface area contributed by atoms with Crippen LogP contribution in [0.2, 0.25) is 0 Å². The molecule has 1 unspecified atom stereocenters. The van der Waals surface area contributed by atoms with E-state index in [0.29, 0.717) is 55.8 Å². The molecule has 0 spiro atoms. The van der Waals surface area contributed by atoms with Gasteiger partial charge in [-0.1, -0.05) is 51.1 Å². The predicted octanol–water partition coefficient (Wildman–Crippen LogP) is 6.31. The van der Waals surface area contributed by atoms with Gasteiger partial charge in [-0.15, -0.1) is 0 Å². The first-order valence-electron chi connectivity index (χ1n) is 21.3. The molecule has 8 rings (SSSR count). The van der Waals surface area contributed by atoms with Gasteiger partial charge in [0.2, 0.25) is 27.7 Å². The zero-order valence-corrected chi connectivity index (χ0v) is 34.2. The summed E-state index contributed by atoms with van der Waals surface area (Å²) in [6.07, 6.45) is 12.2. The molecule has 1 aromatic carbocycles. The number of hydrogen-bond donors (Lipinski definition) is 1. The lowest BCUT2D eigenvalue weighted by molar-refractivity contribution is -0.155. The van der Waals surface area contributed by atoms with Crippen molar-refractivity contribution >= 4 is 44.4 Å². The maximum absolute atomic E-state index is 15.0. The van der Waals surface area contributed by atoms with E-state index < -0.39 is 44.7 Å². The number of carbonyl (C=O) groups excluding carboxylic acids is 4. The minimum absolute atomic E-state index is 0.0811. The van der Waals surface area contributed by atoms with Crippen LogP contribution >= 0.6 is 0 Å². The normalized spacial score (nSPS) is 34.6. The van der Waals surface area contributed by atoms with Crippen LogP contribution in [0.4, 0.5) is 0 Å². The molecule has 1 aromatic heterocycles. The number of esters is 1. The first-order valence-corrected chi connectivity index (χ1v) is 22.8. The molecule has 6 aliphatic rings. The fourth-order valence-corrected chi connectivity index (χ4v) is 11.3. The number of rotatable bonds is 11. The van der Waals surface area contributed by atoms with Gasteiger partial charge in [0.1, 0.15) is 18.0 Å². The summed E-state index contributed by atoms with van der Waals surface area (Å²) in [6, 6.07) is 6.69. The summed E-state index contributed by atoms with van der Waals surface area (Å²) in [7, 11) is -3.85. The van der Waals surface area contributed by atoms with Gasteiger partial charge >= 0.3 is 5.97 Å². The molecule has 2 aromatic rings. The van der Waals surface area contributed by atoms with Crippen molar-refractivity contribution in [3.63, 3.8) is 0 Å². The van der Waals surface area contributed by atoms with Crippen LogP contribution < -0.4 is 14.2 Å². The average molecular weight is 804 g/mol. The molecule has 0 bridgehead atoms. The van der Waals surface area contributed by atoms with E-state index in [-0.39, 0.29) is 67.3 Å². The second-order valence-corrected chi connectivity index (χ2v) is 20.0. The fraction of sp³-hybridized carbons (Fsp3) is 0.659. The number of Topliss-reactive ketones (excluding diaryl/α,β-unsaturated/α-hetero) is 1. The number of allylic oxidation sites excluding steroid dienone is 2. The molecule has 1 N–H and O–H groups in total. The Bertz CT molecular complexity index is 2020. The number of ether oxygens (including phenoxy) is 3. The van der Waals surface area contributed by atoms with E-state index in [1.165, 1.54) is 6.42 Å². The highest BCUT2D eigenvalue weighted by Crippen LogP contribution is 2.57. The van der Waals surface area contributed by atoms with Crippen molar-refractivity contribution < 1.29 is 41.8 Å². The summed E-state index contributed by atoms with van der Waals surface area (Å²) in [6.45, 7) is 6.80. The van der Waals surface area contributed by atoms with E-state index in [9.17, 15) is 27.6 Å². The van der Waals surface area contributed by atoms with E-state index in [1.54, 1.807) is 11.1 Å². The minimum Gasteiger partial charge on any atom is -0.491 e. The summed E-state index contributed by atoms with van der Waals surface area (Å²) in [5.41, 5.74) is -1.24. The summed E-state index contributed by atoms with van der Waals surface area (Å²) in [5, 5.41) is 0.980. The van der Waals surface area contributed by atoms with Gasteiger partial charge in [-0.25, -0.2) is 13.4 Å². The van der Waals surface area contributed by atoms with Crippen LogP contribution in [-0.4, -0.2) is 78.5 Å². The Labute approximate surface area is 335 Å². The fourth-order valence-electron chi connectivity index (χ4n) is 9.87. The molecule has 0 radical (unpaired) electrons. The third-order valence-electron chi connectivity index (χ3n) is 13.5. The van der Waals surface area contributed by atoms with Crippen molar-refractivity contribution in [2.45, 2.75) is 128 Å². The molecule has 12 nitrogen and oxygen atoms in total. The molecule has 308 valence electrons. The van der Waals surface area contributed by atoms with Gasteiger partial charge < -0.3 is 19.1 Å². The zero-order chi connectivity index (χ0) is 40.1. The molecule has 10 atom stereocenters. The molecule has 57 heavy (non-hydrogen) atoms. The lowest BCUT2D eigenvalue weighted by Crippen LogP contribution is -2.47. The highest BCUT2D eigenvalue weighted by molar-refractivity contribution is 7.90. The molecule has 2 aliphatic heterocycles. The minimum atomic E-state index is -3.85. The smallest absolute Gasteiger partial charge is 0.306 e. The molecule has 1 saturated heterocycles. The van der Waals surface area contributed by atoms with Crippen LogP contribution in [0.5, 0.6) is 11.6 Å². The Morgan fingerprint density at radius 2 is 1.74 bits per heavy atom. The first kappa shape index (κ1) is 39.8. The number of carbonyl (C=O) groups is 4. The Morgan fingerprint density at radius 3 is 2.47 bits per heavy atom. The molecule has 4 aliphatic carbocycles. The molecule has 2 amide bonds. The highest BCUT2D eigenvalue weighted by Gasteiger charge is 2.62. The molecular formula is C44H57N3O9S. The maximum Gasteiger partial charge on any atom is 0.306 e. The quantitative estimate of drug-likeness (QED) is 0.202. The second kappa shape index (κ2) is 16.0. The number of nitrogens with zero attached hydrogens (tertiary/aromatic N) is 2. The lowest BCUT2D eigenvalue weighted by Gasteiger charge is -2.32. The van der Waals surface area contributed by atoms with Crippen LogP contribution in [0.25, 0.3) is 10.8 Å². The van der Waals surface area contributed by atoms with E-state index in [4.69, 9.17) is 14.2 Å². The van der Waals surface area contributed by atoms with Crippen molar-refractivity contribution in [2.75, 3.05) is 13.2 Å². The number of benzene rings is 1. The van der Waals surface area contributed by atoms with Crippen molar-refractivity contribution in [2.24, 2.45) is 40.9 Å². The van der Waals surface area contributed by atoms with Gasteiger partial charge in [0.15, 0.2) is 5.78 Å². The first-order chi connectivity index (χ1) is 27.3. The van der Waals surface area contributed by atoms with Crippen LogP contribution in [0, 0.1) is 40.9 Å². The van der Waals surface area contributed by atoms with Gasteiger partial charge in [-0.2, -0.15) is 0 Å². The largest absolute Gasteiger partial charge is 0.491 e. The molecule has 3 heterocycles. The zero-order valence-electron chi connectivity index (χ0n) is 33.4. The van der Waals surface area contributed by atoms with Crippen LogP contribution in [0.15, 0.2) is 42.6 Å². The molecule has 5 fully saturated rings. The van der Waals surface area contributed by atoms with Gasteiger partial charge in [0, 0.05) is 23.6 Å². The van der Waals surface area contributed by atoms with E-state index in [0.717, 1.165) is 42.9 Å². The second-order valence-electron chi connectivity index (χ2n) is 18.1. The summed E-state index contributed by atoms with van der Waals surface area (Å²) in [5.74, 6) is -0.378. The van der Waals surface area contributed by atoms with Crippen LogP contribution in [0.1, 0.15) is 104 Å². The van der Waals surface area contributed by atoms with E-state index >= 15 is 0 Å². The number of sulfonamides is 1. The van der Waals surface area contributed by atoms with E-state index in [2.05, 4.69) is 16.6 Å². The highest BCUT2D eigenvalue weighted by atomic mass is 32.2. The third-order valence-corrected chi connectivity index (χ3v) is 15.3. The summed E-state index contributed by atoms with van der Waals surface area (Å²) < 4.78 is 46.8. The topological polar surface area (TPSA) is 158 Å². The Morgan fingerprint density at radius 1 is 0.982 bits per heavy atom. The SMILES string of the molecule is CCCOc1cnc(O[C@@H]2C[C@H]3C(=O)C[C@]4(C(=O)NS(=O)(=O)C5CC5)C[C@H]4/C=C\CC[C@@H](C)C[C@@H](C)[C@H](CC(=O)OC4C[C@@H]5C[C@@H]5C4)C(=O)N3C2)c2ccccc12. The Kier molecular flexibility index (Phi) is 11.2. The lowest BCUT2D eigenvalue weighted by atomic mass is 9.82. The molecule has 13 heteroatoms. The third kappa shape index (κ3) is 8.59. The maximum atomic E-state index is 15.0.